The van der Waals surface area contributed by atoms with Crippen molar-refractivity contribution in [3.05, 3.63) is 158 Å². The molecule has 5 aromatic carbocycles. The molecule has 1 amide bonds. The molecule has 2 atom stereocenters. The van der Waals surface area contributed by atoms with Gasteiger partial charge in [0.2, 0.25) is 5.90 Å². The second-order valence-electron chi connectivity index (χ2n) is 11.6. The largest absolute Gasteiger partial charge is 0.494 e. The first-order chi connectivity index (χ1) is 24.0. The Hall–Kier alpha value is -5.19. The first kappa shape index (κ1) is 33.7. The van der Waals surface area contributed by atoms with Crippen LogP contribution in [0, 0.1) is 0 Å². The molecule has 0 unspecified atom stereocenters. The molecule has 0 aliphatic carbocycles. The number of azide groups is 1. The van der Waals surface area contributed by atoms with E-state index < -0.39 is 11.6 Å². The molecule has 0 spiro atoms. The molecular weight excluding hydrogens is 684 g/mol. The maximum absolute atomic E-state index is 14.7. The topological polar surface area (TPSA) is 141 Å². The molecule has 248 valence electrons. The van der Waals surface area contributed by atoms with E-state index in [9.17, 15) is 4.79 Å². The van der Waals surface area contributed by atoms with Crippen LogP contribution in [-0.4, -0.2) is 35.7 Å². The lowest BCUT2D eigenvalue weighted by atomic mass is 9.81. The molecule has 0 aromatic heterocycles. The average molecular weight is 720 g/mol. The molecule has 0 saturated carbocycles. The fourth-order valence-electron chi connectivity index (χ4n) is 5.98. The quantitative estimate of drug-likeness (QED) is 0.0359. The highest BCUT2D eigenvalue weighted by molar-refractivity contribution is 9.10. The number of halogens is 1. The maximum Gasteiger partial charge on any atom is 0.266 e. The molecule has 1 aliphatic rings. The lowest BCUT2D eigenvalue weighted by Gasteiger charge is -2.31. The number of nitrogens with one attached hydrogen (secondary N) is 2. The monoisotopic (exact) mass is 718 g/mol. The van der Waals surface area contributed by atoms with Gasteiger partial charge in [0.15, 0.2) is 11.6 Å². The van der Waals surface area contributed by atoms with Crippen LogP contribution >= 0.6 is 15.9 Å². The van der Waals surface area contributed by atoms with Crippen LogP contribution in [0.5, 0.6) is 5.75 Å². The van der Waals surface area contributed by atoms with Crippen molar-refractivity contribution in [2.75, 3.05) is 13.2 Å². The average Bonchev–Trinajstić information content (AvgIpc) is 3.52. The van der Waals surface area contributed by atoms with E-state index in [1.54, 1.807) is 0 Å². The van der Waals surface area contributed by atoms with Crippen LogP contribution in [0.2, 0.25) is 0 Å². The summed E-state index contributed by atoms with van der Waals surface area (Å²) in [4.78, 5) is 22.8. The summed E-state index contributed by atoms with van der Waals surface area (Å²) in [5.41, 5.74) is 17.8. The van der Waals surface area contributed by atoms with Gasteiger partial charge in [-0.05, 0) is 75.0 Å². The van der Waals surface area contributed by atoms with Crippen molar-refractivity contribution in [1.29, 1.82) is 0 Å². The first-order valence-electron chi connectivity index (χ1n) is 15.9. The summed E-state index contributed by atoms with van der Waals surface area (Å²) in [6.07, 6.45) is -0.110. The van der Waals surface area contributed by atoms with Gasteiger partial charge in [0.1, 0.15) is 5.75 Å². The lowest BCUT2D eigenvalue weighted by molar-refractivity contribution is -0.130. The predicted molar refractivity (Wildman–Crippen MR) is 193 cm³/mol. The van der Waals surface area contributed by atoms with Gasteiger partial charge in [0.05, 0.1) is 13.2 Å². The van der Waals surface area contributed by atoms with Crippen molar-refractivity contribution in [2.45, 2.75) is 37.6 Å². The van der Waals surface area contributed by atoms with Crippen LogP contribution in [0.3, 0.4) is 0 Å². The normalized spacial score (nSPS) is 16.8. The van der Waals surface area contributed by atoms with E-state index in [0.29, 0.717) is 36.8 Å². The van der Waals surface area contributed by atoms with Crippen molar-refractivity contribution in [3.8, 4) is 5.75 Å². The summed E-state index contributed by atoms with van der Waals surface area (Å²) in [7, 11) is 0. The highest BCUT2D eigenvalue weighted by Gasteiger charge is 2.53. The third-order valence-corrected chi connectivity index (χ3v) is 8.97. The van der Waals surface area contributed by atoms with E-state index in [2.05, 4.69) is 55.0 Å². The van der Waals surface area contributed by atoms with E-state index in [4.69, 9.17) is 25.1 Å². The Morgan fingerprint density at radius 1 is 0.939 bits per heavy atom. The van der Waals surface area contributed by atoms with Crippen molar-refractivity contribution in [3.63, 3.8) is 0 Å². The number of carbonyl (C=O) groups excluding carboxylic acids is 1. The number of aliphatic hydroxyl groups excluding tert-OH is 1. The van der Waals surface area contributed by atoms with Gasteiger partial charge in [-0.2, -0.15) is 0 Å². The molecular formula is C38H35BrN6O4. The summed E-state index contributed by atoms with van der Waals surface area (Å²) in [6.45, 7) is 0.951. The number of fused-ring (bicyclic) bond motifs is 1. The number of rotatable bonds is 14. The van der Waals surface area contributed by atoms with E-state index in [0.717, 1.165) is 37.5 Å². The molecule has 10 nitrogen and oxygen atoms in total. The second-order valence-corrected chi connectivity index (χ2v) is 12.5. The maximum atomic E-state index is 14.7. The molecule has 6 rings (SSSR count). The van der Waals surface area contributed by atoms with Crippen LogP contribution < -0.4 is 15.6 Å². The van der Waals surface area contributed by atoms with E-state index >= 15 is 0 Å². The second kappa shape index (κ2) is 15.8. The van der Waals surface area contributed by atoms with E-state index in [-0.39, 0.29) is 25.5 Å². The molecule has 0 saturated heterocycles. The van der Waals surface area contributed by atoms with Crippen molar-refractivity contribution in [2.24, 2.45) is 10.1 Å². The zero-order chi connectivity index (χ0) is 34.1. The number of aliphatic hydroxyl groups is 1. The number of hydrogen-bond acceptors (Lipinski definition) is 7. The summed E-state index contributed by atoms with van der Waals surface area (Å²) in [6, 6.07) is 36.7. The van der Waals surface area contributed by atoms with E-state index in [1.807, 2.05) is 97.1 Å². The van der Waals surface area contributed by atoms with E-state index in [1.165, 1.54) is 0 Å². The zero-order valence-corrected chi connectivity index (χ0v) is 28.2. The Balaban J connectivity index is 1.39. The molecule has 0 radical (unpaired) electrons. The molecule has 49 heavy (non-hydrogen) atoms. The van der Waals surface area contributed by atoms with Gasteiger partial charge in [0, 0.05) is 40.9 Å². The number of hydrazine groups is 1. The number of ether oxygens (including phenoxy) is 2. The summed E-state index contributed by atoms with van der Waals surface area (Å²) < 4.78 is 13.3. The minimum absolute atomic E-state index is 0.0487. The first-order valence-corrected chi connectivity index (χ1v) is 16.7. The van der Waals surface area contributed by atoms with Crippen molar-refractivity contribution >= 4 is 38.5 Å². The van der Waals surface area contributed by atoms with Crippen LogP contribution in [0.15, 0.2) is 130 Å². The number of aliphatic imine (C=N–C) groups is 1. The Morgan fingerprint density at radius 2 is 1.65 bits per heavy atom. The number of nitrogens with zero attached hydrogens (tertiary/aromatic N) is 4. The van der Waals surface area contributed by atoms with Gasteiger partial charge in [0.25, 0.3) is 5.91 Å². The third kappa shape index (κ3) is 7.77. The highest BCUT2D eigenvalue weighted by atomic mass is 79.9. The van der Waals surface area contributed by atoms with Crippen molar-refractivity contribution in [1.82, 2.24) is 10.9 Å². The van der Waals surface area contributed by atoms with Crippen LogP contribution in [-0.2, 0) is 29.0 Å². The van der Waals surface area contributed by atoms with Crippen LogP contribution in [0.1, 0.15) is 40.3 Å². The lowest BCUT2D eigenvalue weighted by Crippen LogP contribution is -2.53. The minimum atomic E-state index is -1.46. The number of amides is 1. The Kier molecular flexibility index (Phi) is 10.9. The SMILES string of the molecule is [N-]=[N+]=NCc1ccccc1C[C@]1(C(=O)NNCc2cccc3ccccc23)N=C(c2ccc(OCCCO)cc2)O[C@H]1c1ccc(Br)cc1. The molecule has 1 heterocycles. The standard InChI is InChI=1S/C38H35BrN6O4/c39-32-17-13-27(14-18-32)35-38(23-29-8-1-2-9-30(29)24-42-45-40,43-36(49-35)28-15-19-33(20-16-28)48-22-6-21-46)37(47)44-41-25-31-11-5-10-26-7-3-4-12-34(26)31/h1-5,7-20,35,41,46H,6,21-25H2,(H,44,47)/t35-,38-/m0/s1. The summed E-state index contributed by atoms with van der Waals surface area (Å²) >= 11 is 3.53. The number of hydrogen-bond donors (Lipinski definition) is 3. The Morgan fingerprint density at radius 3 is 2.43 bits per heavy atom. The van der Waals surface area contributed by atoms with Crippen LogP contribution in [0.4, 0.5) is 0 Å². The van der Waals surface area contributed by atoms with Gasteiger partial charge < -0.3 is 14.6 Å². The number of carbonyl (C=O) groups is 1. The molecule has 0 bridgehead atoms. The molecule has 0 fully saturated rings. The van der Waals surface area contributed by atoms with Gasteiger partial charge in [-0.1, -0.05) is 99.9 Å². The molecule has 11 heteroatoms. The molecule has 3 N–H and O–H groups in total. The minimum Gasteiger partial charge on any atom is -0.494 e. The van der Waals surface area contributed by atoms with Crippen molar-refractivity contribution < 1.29 is 19.4 Å². The summed E-state index contributed by atoms with van der Waals surface area (Å²) in [5, 5.41) is 15.1. The Bertz CT molecular complexity index is 1990. The van der Waals surface area contributed by atoms with Crippen LogP contribution in [0.25, 0.3) is 21.2 Å². The molecule has 1 aliphatic heterocycles. The smallest absolute Gasteiger partial charge is 0.266 e. The fraction of sp³-hybridized carbons (Fsp3) is 0.211. The van der Waals surface area contributed by atoms with Gasteiger partial charge >= 0.3 is 0 Å². The Labute approximate surface area is 292 Å². The third-order valence-electron chi connectivity index (χ3n) is 8.45. The zero-order valence-electron chi connectivity index (χ0n) is 26.6. The fourth-order valence-corrected chi connectivity index (χ4v) is 6.24. The van der Waals surface area contributed by atoms with Gasteiger partial charge in [-0.3, -0.25) is 10.2 Å². The predicted octanol–water partition coefficient (Wildman–Crippen LogP) is 7.49. The highest BCUT2D eigenvalue weighted by Crippen LogP contribution is 2.43. The number of benzene rings is 5. The molecule has 5 aromatic rings. The van der Waals surface area contributed by atoms with Gasteiger partial charge in [-0.25, -0.2) is 10.4 Å². The summed E-state index contributed by atoms with van der Waals surface area (Å²) in [5.74, 6) is 0.582. The van der Waals surface area contributed by atoms with Gasteiger partial charge in [-0.15, -0.1) is 0 Å².